The minimum atomic E-state index is 0.966. The molecule has 1 heterocycles. The van der Waals surface area contributed by atoms with Gasteiger partial charge in [-0.3, -0.25) is 0 Å². The molecule has 1 aliphatic heterocycles. The third-order valence-electron chi connectivity index (χ3n) is 3.29. The number of hydrogen-bond acceptors (Lipinski definition) is 1. The van der Waals surface area contributed by atoms with Gasteiger partial charge < -0.3 is 4.90 Å². The molecule has 0 N–H and O–H groups in total. The van der Waals surface area contributed by atoms with Crippen LogP contribution in [0.3, 0.4) is 0 Å². The Balaban J connectivity index is 2.01. The molecule has 0 spiro atoms. The van der Waals surface area contributed by atoms with Crippen molar-refractivity contribution in [3.05, 3.63) is 0 Å². The lowest BCUT2D eigenvalue weighted by Crippen LogP contribution is -2.31. The van der Waals surface area contributed by atoms with E-state index in [1.807, 2.05) is 0 Å². The van der Waals surface area contributed by atoms with Gasteiger partial charge in [0.2, 0.25) is 0 Å². The van der Waals surface area contributed by atoms with Crippen molar-refractivity contribution in [1.82, 2.24) is 4.90 Å². The molecule has 1 saturated carbocycles. The number of rotatable bonds is 0. The van der Waals surface area contributed by atoms with E-state index in [1.54, 1.807) is 0 Å². The predicted octanol–water partition coefficient (Wildman–Crippen LogP) is 1.88. The molecule has 2 aliphatic rings. The highest BCUT2D eigenvalue weighted by molar-refractivity contribution is 4.87. The van der Waals surface area contributed by atoms with Crippen molar-refractivity contribution in [3.8, 4) is 0 Å². The second-order valence-corrected chi connectivity index (χ2v) is 3.88. The van der Waals surface area contributed by atoms with E-state index in [9.17, 15) is 0 Å². The average molecular weight is 139 g/mol. The molecule has 58 valence electrons. The number of fused-ring (bicyclic) bond motifs is 1. The van der Waals surface area contributed by atoms with Crippen molar-refractivity contribution in [3.63, 3.8) is 0 Å². The zero-order chi connectivity index (χ0) is 6.97. The Hall–Kier alpha value is -0.0400. The van der Waals surface area contributed by atoms with Gasteiger partial charge in [0.25, 0.3) is 0 Å². The first-order valence-corrected chi connectivity index (χ1v) is 4.58. The fourth-order valence-corrected chi connectivity index (χ4v) is 2.64. The van der Waals surface area contributed by atoms with Crippen molar-refractivity contribution >= 4 is 0 Å². The Bertz CT molecular complexity index is 120. The van der Waals surface area contributed by atoms with Crippen LogP contribution in [0.2, 0.25) is 0 Å². The highest BCUT2D eigenvalue weighted by atomic mass is 15.2. The first-order chi connectivity index (χ1) is 4.88. The summed E-state index contributed by atoms with van der Waals surface area (Å²) in [6.07, 6.45) is 7.43. The van der Waals surface area contributed by atoms with E-state index in [-0.39, 0.29) is 0 Å². The summed E-state index contributed by atoms with van der Waals surface area (Å²) in [7, 11) is 2.29. The molecule has 0 aromatic heterocycles. The fourth-order valence-electron chi connectivity index (χ4n) is 2.64. The molecule has 0 amide bonds. The summed E-state index contributed by atoms with van der Waals surface area (Å²) >= 11 is 0. The lowest BCUT2D eigenvalue weighted by Gasteiger charge is -2.28. The first-order valence-electron chi connectivity index (χ1n) is 4.58. The van der Waals surface area contributed by atoms with Crippen LogP contribution in [0.4, 0.5) is 0 Å². The molecule has 1 nitrogen and oxygen atoms in total. The molecular formula is C9H17N. The van der Waals surface area contributed by atoms with Gasteiger partial charge in [-0.1, -0.05) is 12.8 Å². The molecule has 1 heteroatoms. The van der Waals surface area contributed by atoms with Gasteiger partial charge in [-0.25, -0.2) is 0 Å². The van der Waals surface area contributed by atoms with Gasteiger partial charge in [0.05, 0.1) is 0 Å². The van der Waals surface area contributed by atoms with E-state index in [2.05, 4.69) is 11.9 Å². The van der Waals surface area contributed by atoms with E-state index in [1.165, 1.54) is 38.6 Å². The molecule has 2 fully saturated rings. The predicted molar refractivity (Wildman–Crippen MR) is 43.0 cm³/mol. The average Bonchev–Trinajstić information content (AvgIpc) is 2.34. The maximum absolute atomic E-state index is 2.56. The summed E-state index contributed by atoms with van der Waals surface area (Å²) in [6.45, 7) is 1.36. The van der Waals surface area contributed by atoms with Crippen LogP contribution in [0.5, 0.6) is 0 Å². The fraction of sp³-hybridized carbons (Fsp3) is 1.00. The summed E-state index contributed by atoms with van der Waals surface area (Å²) < 4.78 is 0. The number of hydrogen-bond donors (Lipinski definition) is 0. The van der Waals surface area contributed by atoms with Crippen LogP contribution in [0, 0.1) is 5.92 Å². The Kier molecular flexibility index (Phi) is 1.69. The highest BCUT2D eigenvalue weighted by Gasteiger charge is 2.32. The van der Waals surface area contributed by atoms with E-state index >= 15 is 0 Å². The zero-order valence-corrected chi connectivity index (χ0v) is 6.84. The van der Waals surface area contributed by atoms with Crippen LogP contribution in [-0.4, -0.2) is 24.5 Å². The van der Waals surface area contributed by atoms with Gasteiger partial charge in [-0.2, -0.15) is 0 Å². The van der Waals surface area contributed by atoms with E-state index in [4.69, 9.17) is 0 Å². The number of nitrogens with zero attached hydrogens (tertiary/aromatic N) is 1. The summed E-state index contributed by atoms with van der Waals surface area (Å²) in [5.74, 6) is 1.07. The lowest BCUT2D eigenvalue weighted by atomic mass is 9.85. The summed E-state index contributed by atoms with van der Waals surface area (Å²) in [6, 6.07) is 0.966. The molecule has 10 heavy (non-hydrogen) atoms. The second kappa shape index (κ2) is 2.54. The minimum Gasteiger partial charge on any atom is -0.303 e. The quantitative estimate of drug-likeness (QED) is 0.495. The molecule has 0 bridgehead atoms. The SMILES string of the molecule is CN1CC[C@H]2CCCC[C@@H]21. The van der Waals surface area contributed by atoms with Crippen molar-refractivity contribution < 1.29 is 0 Å². The van der Waals surface area contributed by atoms with Crippen LogP contribution in [-0.2, 0) is 0 Å². The van der Waals surface area contributed by atoms with Crippen LogP contribution in [0.1, 0.15) is 32.1 Å². The molecular weight excluding hydrogens is 122 g/mol. The smallest absolute Gasteiger partial charge is 0.0121 e. The Morgan fingerprint density at radius 3 is 2.70 bits per heavy atom. The largest absolute Gasteiger partial charge is 0.303 e. The first kappa shape index (κ1) is 6.66. The third-order valence-corrected chi connectivity index (χ3v) is 3.29. The molecule has 0 radical (unpaired) electrons. The maximum Gasteiger partial charge on any atom is 0.0121 e. The summed E-state index contributed by atoms with van der Waals surface area (Å²) in [5, 5.41) is 0. The molecule has 2 atom stereocenters. The van der Waals surface area contributed by atoms with Crippen molar-refractivity contribution in [1.29, 1.82) is 0 Å². The standard InChI is InChI=1S/C9H17N/c1-10-7-6-8-4-2-3-5-9(8)10/h8-9H,2-7H2,1H3/t8-,9+/m1/s1. The van der Waals surface area contributed by atoms with Crippen LogP contribution < -0.4 is 0 Å². The van der Waals surface area contributed by atoms with Gasteiger partial charge in [0.15, 0.2) is 0 Å². The maximum atomic E-state index is 2.56. The zero-order valence-electron chi connectivity index (χ0n) is 6.84. The van der Waals surface area contributed by atoms with Crippen molar-refractivity contribution in [2.24, 2.45) is 5.92 Å². The highest BCUT2D eigenvalue weighted by Crippen LogP contribution is 2.34. The Labute approximate surface area is 63.4 Å². The Morgan fingerprint density at radius 2 is 1.90 bits per heavy atom. The topological polar surface area (TPSA) is 3.24 Å². The normalized spacial score (nSPS) is 41.7. The van der Waals surface area contributed by atoms with Gasteiger partial charge in [0.1, 0.15) is 0 Å². The van der Waals surface area contributed by atoms with Gasteiger partial charge in [-0.05, 0) is 38.8 Å². The van der Waals surface area contributed by atoms with E-state index in [0.717, 1.165) is 12.0 Å². The van der Waals surface area contributed by atoms with Crippen LogP contribution >= 0.6 is 0 Å². The van der Waals surface area contributed by atoms with E-state index in [0.29, 0.717) is 0 Å². The molecule has 1 saturated heterocycles. The summed E-state index contributed by atoms with van der Waals surface area (Å²) in [4.78, 5) is 2.56. The monoisotopic (exact) mass is 139 g/mol. The van der Waals surface area contributed by atoms with Crippen LogP contribution in [0.15, 0.2) is 0 Å². The number of likely N-dealkylation sites (tertiary alicyclic amines) is 1. The molecule has 0 aromatic carbocycles. The van der Waals surface area contributed by atoms with Crippen molar-refractivity contribution in [2.75, 3.05) is 13.6 Å². The molecule has 0 aromatic rings. The minimum absolute atomic E-state index is 0.966. The van der Waals surface area contributed by atoms with Gasteiger partial charge in [-0.15, -0.1) is 0 Å². The molecule has 2 rings (SSSR count). The summed E-state index contributed by atoms with van der Waals surface area (Å²) in [5.41, 5.74) is 0. The van der Waals surface area contributed by atoms with Gasteiger partial charge >= 0.3 is 0 Å². The molecule has 0 unspecified atom stereocenters. The van der Waals surface area contributed by atoms with E-state index < -0.39 is 0 Å². The molecule has 1 aliphatic carbocycles. The van der Waals surface area contributed by atoms with Gasteiger partial charge in [0, 0.05) is 6.04 Å². The lowest BCUT2D eigenvalue weighted by molar-refractivity contribution is 0.215. The second-order valence-electron chi connectivity index (χ2n) is 3.88. The van der Waals surface area contributed by atoms with Crippen LogP contribution in [0.25, 0.3) is 0 Å². The third kappa shape index (κ3) is 0.968. The Morgan fingerprint density at radius 1 is 1.10 bits per heavy atom. The van der Waals surface area contributed by atoms with Crippen molar-refractivity contribution in [2.45, 2.75) is 38.1 Å².